The van der Waals surface area contributed by atoms with E-state index in [1.54, 1.807) is 0 Å². The van der Waals surface area contributed by atoms with Crippen LogP contribution in [0.2, 0.25) is 0 Å². The summed E-state index contributed by atoms with van der Waals surface area (Å²) >= 11 is 0. The molecule has 2 N–H and O–H groups in total. The molecule has 0 saturated carbocycles. The highest BCUT2D eigenvalue weighted by Crippen LogP contribution is 2.21. The minimum atomic E-state index is 0.772. The molecule has 3 heteroatoms. The van der Waals surface area contributed by atoms with Gasteiger partial charge in [-0.05, 0) is 43.2 Å². The Bertz CT molecular complexity index is 756. The molecule has 0 spiro atoms. The van der Waals surface area contributed by atoms with Crippen molar-refractivity contribution < 1.29 is 0 Å². The van der Waals surface area contributed by atoms with Crippen molar-refractivity contribution in [2.75, 3.05) is 5.73 Å². The minimum absolute atomic E-state index is 0.772. The van der Waals surface area contributed by atoms with E-state index in [0.29, 0.717) is 0 Å². The Morgan fingerprint density at radius 2 is 1.95 bits per heavy atom. The maximum absolute atomic E-state index is 6.12. The molecule has 0 aliphatic carbocycles. The minimum Gasteiger partial charge on any atom is -0.398 e. The molecule has 3 rings (SSSR count). The third kappa shape index (κ3) is 2.16. The lowest BCUT2D eigenvalue weighted by molar-refractivity contribution is 0.734. The van der Waals surface area contributed by atoms with Gasteiger partial charge in [-0.15, -0.1) is 0 Å². The first kappa shape index (κ1) is 12.7. The van der Waals surface area contributed by atoms with Crippen molar-refractivity contribution in [2.24, 2.45) is 0 Å². The van der Waals surface area contributed by atoms with E-state index in [1.165, 1.54) is 11.1 Å². The van der Waals surface area contributed by atoms with Gasteiger partial charge in [0.15, 0.2) is 0 Å². The van der Waals surface area contributed by atoms with Gasteiger partial charge < -0.3 is 10.3 Å². The molecule has 0 aliphatic heterocycles. The largest absolute Gasteiger partial charge is 0.398 e. The van der Waals surface area contributed by atoms with Crippen molar-refractivity contribution in [3.8, 4) is 0 Å². The lowest BCUT2D eigenvalue weighted by Crippen LogP contribution is -2.04. The number of hydrogen-bond donors (Lipinski definition) is 1. The first-order valence-electron chi connectivity index (χ1n) is 6.98. The fourth-order valence-corrected chi connectivity index (χ4v) is 2.66. The molecule has 3 aromatic rings. The van der Waals surface area contributed by atoms with Crippen LogP contribution in [0.4, 0.5) is 5.69 Å². The number of aromatic nitrogens is 2. The van der Waals surface area contributed by atoms with Gasteiger partial charge >= 0.3 is 0 Å². The van der Waals surface area contributed by atoms with Crippen LogP contribution in [0, 0.1) is 6.92 Å². The summed E-state index contributed by atoms with van der Waals surface area (Å²) in [5, 5.41) is 0. The number of nitrogens with two attached hydrogens (primary N) is 1. The van der Waals surface area contributed by atoms with Crippen molar-refractivity contribution in [2.45, 2.75) is 26.8 Å². The Hall–Kier alpha value is -2.29. The Kier molecular flexibility index (Phi) is 3.18. The summed E-state index contributed by atoms with van der Waals surface area (Å²) < 4.78 is 2.26. The average Bonchev–Trinajstić information content (AvgIpc) is 2.79. The highest BCUT2D eigenvalue weighted by Gasteiger charge is 2.11. The Balaban J connectivity index is 2.06. The van der Waals surface area contributed by atoms with Crippen molar-refractivity contribution in [3.05, 3.63) is 59.4 Å². The molecule has 20 heavy (non-hydrogen) atoms. The van der Waals surface area contributed by atoms with E-state index in [9.17, 15) is 0 Å². The predicted octanol–water partition coefficient (Wildman–Crippen LogP) is 3.54. The van der Waals surface area contributed by atoms with Gasteiger partial charge in [-0.1, -0.05) is 24.3 Å². The van der Waals surface area contributed by atoms with Gasteiger partial charge in [-0.3, -0.25) is 0 Å². The summed E-state index contributed by atoms with van der Waals surface area (Å²) in [7, 11) is 0. The number of benzene rings is 2. The highest BCUT2D eigenvalue weighted by atomic mass is 15.1. The van der Waals surface area contributed by atoms with E-state index in [1.807, 2.05) is 12.1 Å². The molecule has 102 valence electrons. The van der Waals surface area contributed by atoms with Gasteiger partial charge in [0.05, 0.1) is 11.0 Å². The summed E-state index contributed by atoms with van der Waals surface area (Å²) in [5.41, 5.74) is 11.5. The molecule has 0 radical (unpaired) electrons. The van der Waals surface area contributed by atoms with E-state index >= 15 is 0 Å². The normalized spacial score (nSPS) is 11.1. The molecule has 0 unspecified atom stereocenters. The molecule has 3 nitrogen and oxygen atoms in total. The fraction of sp³-hybridized carbons (Fsp3) is 0.235. The highest BCUT2D eigenvalue weighted by molar-refractivity contribution is 5.76. The van der Waals surface area contributed by atoms with Gasteiger partial charge in [-0.25, -0.2) is 4.98 Å². The first-order valence-corrected chi connectivity index (χ1v) is 6.98. The van der Waals surface area contributed by atoms with Crippen LogP contribution in [-0.4, -0.2) is 9.55 Å². The van der Waals surface area contributed by atoms with Gasteiger partial charge in [0, 0.05) is 18.7 Å². The van der Waals surface area contributed by atoms with Crippen LogP contribution >= 0.6 is 0 Å². The quantitative estimate of drug-likeness (QED) is 0.736. The fourth-order valence-electron chi connectivity index (χ4n) is 2.66. The molecule has 0 bridgehead atoms. The molecule has 0 saturated heterocycles. The van der Waals surface area contributed by atoms with E-state index in [0.717, 1.165) is 35.6 Å². The van der Waals surface area contributed by atoms with Crippen LogP contribution in [0.1, 0.15) is 23.9 Å². The number of nitrogens with zero attached hydrogens (tertiary/aromatic N) is 2. The zero-order valence-corrected chi connectivity index (χ0v) is 11.9. The Labute approximate surface area is 119 Å². The molecule has 1 aromatic heterocycles. The monoisotopic (exact) mass is 265 g/mol. The average molecular weight is 265 g/mol. The zero-order valence-electron chi connectivity index (χ0n) is 11.9. The maximum Gasteiger partial charge on any atom is 0.114 e. The number of anilines is 1. The predicted molar refractivity (Wildman–Crippen MR) is 83.8 cm³/mol. The third-order valence-electron chi connectivity index (χ3n) is 3.70. The summed E-state index contributed by atoms with van der Waals surface area (Å²) in [6.07, 6.45) is 0.772. The summed E-state index contributed by atoms with van der Waals surface area (Å²) in [6, 6.07) is 14.5. The van der Waals surface area contributed by atoms with Gasteiger partial charge in [0.1, 0.15) is 5.82 Å². The molecule has 0 aliphatic rings. The molecule has 0 atom stereocenters. The Morgan fingerprint density at radius 1 is 1.15 bits per heavy atom. The van der Waals surface area contributed by atoms with Crippen molar-refractivity contribution in [3.63, 3.8) is 0 Å². The zero-order chi connectivity index (χ0) is 14.1. The molecule has 0 fully saturated rings. The number of imidazole rings is 1. The Morgan fingerprint density at radius 3 is 2.70 bits per heavy atom. The smallest absolute Gasteiger partial charge is 0.114 e. The van der Waals surface area contributed by atoms with Crippen LogP contribution in [0.3, 0.4) is 0 Å². The van der Waals surface area contributed by atoms with Crippen LogP contribution < -0.4 is 5.73 Å². The van der Waals surface area contributed by atoms with E-state index in [-0.39, 0.29) is 0 Å². The van der Waals surface area contributed by atoms with Gasteiger partial charge in [0.2, 0.25) is 0 Å². The molecule has 2 aromatic carbocycles. The van der Waals surface area contributed by atoms with Crippen molar-refractivity contribution >= 4 is 16.7 Å². The van der Waals surface area contributed by atoms with Gasteiger partial charge in [0.25, 0.3) is 0 Å². The molecular weight excluding hydrogens is 246 g/mol. The van der Waals surface area contributed by atoms with Crippen LogP contribution in [0.5, 0.6) is 0 Å². The van der Waals surface area contributed by atoms with E-state index in [4.69, 9.17) is 10.7 Å². The SMILES string of the molecule is CCn1c(Cc2ccc(C)cc2N)nc2ccccc21. The number of hydrogen-bond acceptors (Lipinski definition) is 2. The standard InChI is InChI=1S/C17H19N3/c1-3-20-16-7-5-4-6-15(16)19-17(20)11-13-9-8-12(2)10-14(13)18/h4-10H,3,11,18H2,1-2H3. The lowest BCUT2D eigenvalue weighted by atomic mass is 10.1. The van der Waals surface area contributed by atoms with Crippen LogP contribution in [-0.2, 0) is 13.0 Å². The number of rotatable bonds is 3. The summed E-state index contributed by atoms with van der Waals surface area (Å²) in [5.74, 6) is 1.07. The third-order valence-corrected chi connectivity index (χ3v) is 3.70. The topological polar surface area (TPSA) is 43.8 Å². The van der Waals surface area contributed by atoms with Gasteiger partial charge in [-0.2, -0.15) is 0 Å². The number of para-hydroxylation sites is 2. The maximum atomic E-state index is 6.12. The first-order chi connectivity index (χ1) is 9.69. The second-order valence-corrected chi connectivity index (χ2v) is 5.14. The molecule has 1 heterocycles. The summed E-state index contributed by atoms with van der Waals surface area (Å²) in [6.45, 7) is 5.12. The number of fused-ring (bicyclic) bond motifs is 1. The second-order valence-electron chi connectivity index (χ2n) is 5.14. The van der Waals surface area contributed by atoms with E-state index < -0.39 is 0 Å². The number of aryl methyl sites for hydroxylation is 2. The van der Waals surface area contributed by atoms with Crippen LogP contribution in [0.25, 0.3) is 11.0 Å². The molecular formula is C17H19N3. The van der Waals surface area contributed by atoms with Crippen molar-refractivity contribution in [1.82, 2.24) is 9.55 Å². The van der Waals surface area contributed by atoms with Crippen LogP contribution in [0.15, 0.2) is 42.5 Å². The number of nitrogen functional groups attached to an aromatic ring is 1. The van der Waals surface area contributed by atoms with Crippen molar-refractivity contribution in [1.29, 1.82) is 0 Å². The second kappa shape index (κ2) is 5.00. The molecule has 0 amide bonds. The van der Waals surface area contributed by atoms with E-state index in [2.05, 4.69) is 48.7 Å². The summed E-state index contributed by atoms with van der Waals surface area (Å²) in [4.78, 5) is 4.75. The lowest BCUT2D eigenvalue weighted by Gasteiger charge is -2.09.